The lowest BCUT2D eigenvalue weighted by Gasteiger charge is -2.15. The van der Waals surface area contributed by atoms with Crippen molar-refractivity contribution in [3.8, 4) is 0 Å². The molecule has 1 amide bonds. The SMILES string of the molecule is NNc1cncc(C(=O)NCC(F)(F)C(F)F)n1. The summed E-state index contributed by atoms with van der Waals surface area (Å²) < 4.78 is 48.7. The molecular weight excluding hydrogens is 258 g/mol. The number of nitrogens with two attached hydrogens (primary N) is 1. The zero-order chi connectivity index (χ0) is 13.8. The van der Waals surface area contributed by atoms with Gasteiger partial charge in [0.2, 0.25) is 0 Å². The van der Waals surface area contributed by atoms with Crippen molar-refractivity contribution in [3.63, 3.8) is 0 Å². The largest absolute Gasteiger partial charge is 0.344 e. The van der Waals surface area contributed by atoms with Crippen LogP contribution in [0.15, 0.2) is 12.4 Å². The first-order valence-electron chi connectivity index (χ1n) is 4.59. The number of carbonyl (C=O) groups is 1. The molecule has 1 heterocycles. The van der Waals surface area contributed by atoms with Gasteiger partial charge in [0.15, 0.2) is 5.82 Å². The lowest BCUT2D eigenvalue weighted by Crippen LogP contribution is -2.41. The van der Waals surface area contributed by atoms with Crippen molar-refractivity contribution < 1.29 is 22.4 Å². The number of aromatic nitrogens is 2. The lowest BCUT2D eigenvalue weighted by molar-refractivity contribution is -0.123. The molecule has 0 radical (unpaired) electrons. The van der Waals surface area contributed by atoms with Crippen LogP contribution in [-0.4, -0.2) is 34.8 Å². The molecule has 0 aliphatic heterocycles. The van der Waals surface area contributed by atoms with Gasteiger partial charge in [0.25, 0.3) is 5.91 Å². The van der Waals surface area contributed by atoms with Crippen molar-refractivity contribution in [3.05, 3.63) is 18.1 Å². The Morgan fingerprint density at radius 3 is 2.67 bits per heavy atom. The Hall–Kier alpha value is -1.97. The summed E-state index contributed by atoms with van der Waals surface area (Å²) in [6.45, 7) is -1.49. The van der Waals surface area contributed by atoms with Gasteiger partial charge in [-0.25, -0.2) is 19.6 Å². The Kier molecular flexibility index (Phi) is 4.37. The molecule has 0 aliphatic rings. The van der Waals surface area contributed by atoms with Crippen molar-refractivity contribution in [1.82, 2.24) is 15.3 Å². The van der Waals surface area contributed by atoms with Crippen molar-refractivity contribution in [2.45, 2.75) is 12.3 Å². The Bertz CT molecular complexity index is 428. The van der Waals surface area contributed by atoms with Crippen LogP contribution in [0.3, 0.4) is 0 Å². The number of hydrogen-bond acceptors (Lipinski definition) is 5. The van der Waals surface area contributed by atoms with E-state index in [1.165, 1.54) is 6.20 Å². The number of carbonyl (C=O) groups excluding carboxylic acids is 1. The van der Waals surface area contributed by atoms with Gasteiger partial charge in [-0.1, -0.05) is 0 Å². The second-order valence-corrected chi connectivity index (χ2v) is 3.18. The third-order valence-corrected chi connectivity index (χ3v) is 1.82. The third-order valence-electron chi connectivity index (χ3n) is 1.82. The van der Waals surface area contributed by atoms with Crippen molar-refractivity contribution >= 4 is 11.7 Å². The molecule has 6 nitrogen and oxygen atoms in total. The number of rotatable bonds is 5. The molecule has 4 N–H and O–H groups in total. The van der Waals surface area contributed by atoms with E-state index in [1.807, 2.05) is 0 Å². The highest BCUT2D eigenvalue weighted by atomic mass is 19.3. The first kappa shape index (κ1) is 14.1. The minimum absolute atomic E-state index is 0.0308. The van der Waals surface area contributed by atoms with Gasteiger partial charge in [-0.2, -0.15) is 8.78 Å². The predicted molar refractivity (Wildman–Crippen MR) is 53.1 cm³/mol. The molecule has 0 saturated carbocycles. The Morgan fingerprint density at radius 2 is 2.11 bits per heavy atom. The monoisotopic (exact) mass is 267 g/mol. The van der Waals surface area contributed by atoms with E-state index in [0.29, 0.717) is 0 Å². The van der Waals surface area contributed by atoms with E-state index in [0.717, 1.165) is 6.20 Å². The molecular formula is C8H9F4N5O. The fraction of sp³-hybridized carbons (Fsp3) is 0.375. The van der Waals surface area contributed by atoms with E-state index in [-0.39, 0.29) is 11.5 Å². The number of nitrogens with zero attached hydrogens (tertiary/aromatic N) is 2. The zero-order valence-electron chi connectivity index (χ0n) is 8.83. The van der Waals surface area contributed by atoms with Crippen LogP contribution in [0.1, 0.15) is 10.5 Å². The maximum atomic E-state index is 12.5. The highest BCUT2D eigenvalue weighted by Crippen LogP contribution is 2.21. The molecule has 0 bridgehead atoms. The number of amides is 1. The second kappa shape index (κ2) is 5.58. The van der Waals surface area contributed by atoms with Gasteiger partial charge in [0, 0.05) is 0 Å². The molecule has 0 atom stereocenters. The molecule has 0 spiro atoms. The number of nitrogens with one attached hydrogen (secondary N) is 2. The molecule has 0 saturated heterocycles. The smallest absolute Gasteiger partial charge is 0.324 e. The number of anilines is 1. The van der Waals surface area contributed by atoms with Crippen LogP contribution in [0.25, 0.3) is 0 Å². The van der Waals surface area contributed by atoms with E-state index in [9.17, 15) is 22.4 Å². The van der Waals surface area contributed by atoms with Gasteiger partial charge in [0.05, 0.1) is 18.9 Å². The van der Waals surface area contributed by atoms with Gasteiger partial charge >= 0.3 is 12.3 Å². The van der Waals surface area contributed by atoms with E-state index < -0.39 is 24.8 Å². The Balaban J connectivity index is 2.66. The Labute approximate surface area is 98.6 Å². The molecule has 100 valence electrons. The van der Waals surface area contributed by atoms with Crippen LogP contribution in [0, 0.1) is 0 Å². The standard InChI is InChI=1S/C8H9F4N5O/c9-7(10)8(11,12)3-15-6(18)4-1-14-2-5(16-4)17-13/h1-2,7H,3,13H2,(H,15,18)(H,16,17). The fourth-order valence-corrected chi connectivity index (χ4v) is 0.911. The number of nitrogen functional groups attached to an aromatic ring is 1. The lowest BCUT2D eigenvalue weighted by atomic mass is 10.3. The molecule has 1 aromatic rings. The van der Waals surface area contributed by atoms with Crippen molar-refractivity contribution in [1.29, 1.82) is 0 Å². The Morgan fingerprint density at radius 1 is 1.44 bits per heavy atom. The van der Waals surface area contributed by atoms with Crippen LogP contribution in [0.2, 0.25) is 0 Å². The average Bonchev–Trinajstić information content (AvgIpc) is 2.36. The van der Waals surface area contributed by atoms with Gasteiger partial charge in [-0.3, -0.25) is 9.78 Å². The highest BCUT2D eigenvalue weighted by molar-refractivity contribution is 5.92. The van der Waals surface area contributed by atoms with Crippen LogP contribution < -0.4 is 16.6 Å². The van der Waals surface area contributed by atoms with Crippen LogP contribution in [0.5, 0.6) is 0 Å². The zero-order valence-corrected chi connectivity index (χ0v) is 8.83. The summed E-state index contributed by atoms with van der Waals surface area (Å²) in [5.41, 5.74) is 1.77. The maximum absolute atomic E-state index is 12.5. The van der Waals surface area contributed by atoms with Gasteiger partial charge in [-0.05, 0) is 0 Å². The summed E-state index contributed by atoms with van der Waals surface area (Å²) in [6, 6.07) is 0. The second-order valence-electron chi connectivity index (χ2n) is 3.18. The third kappa shape index (κ3) is 3.52. The first-order valence-corrected chi connectivity index (χ1v) is 4.59. The van der Waals surface area contributed by atoms with Gasteiger partial charge in [-0.15, -0.1) is 0 Å². The fourth-order valence-electron chi connectivity index (χ4n) is 0.911. The van der Waals surface area contributed by atoms with Gasteiger partial charge < -0.3 is 10.7 Å². The molecule has 0 fully saturated rings. The molecule has 18 heavy (non-hydrogen) atoms. The normalized spacial score (nSPS) is 11.4. The van der Waals surface area contributed by atoms with E-state index in [2.05, 4.69) is 15.4 Å². The quantitative estimate of drug-likeness (QED) is 0.408. The predicted octanol–water partition coefficient (Wildman–Crippen LogP) is 0.392. The molecule has 1 rings (SSSR count). The topological polar surface area (TPSA) is 92.9 Å². The summed E-state index contributed by atoms with van der Waals surface area (Å²) >= 11 is 0. The minimum atomic E-state index is -4.30. The number of hydrogen-bond donors (Lipinski definition) is 3. The van der Waals surface area contributed by atoms with Crippen molar-refractivity contribution in [2.24, 2.45) is 5.84 Å². The number of hydrazine groups is 1. The first-order chi connectivity index (χ1) is 8.36. The van der Waals surface area contributed by atoms with Crippen LogP contribution >= 0.6 is 0 Å². The molecule has 0 aliphatic carbocycles. The summed E-state index contributed by atoms with van der Waals surface area (Å²) in [5.74, 6) is -0.325. The van der Waals surface area contributed by atoms with E-state index >= 15 is 0 Å². The molecule has 0 unspecified atom stereocenters. The van der Waals surface area contributed by atoms with Crippen LogP contribution in [-0.2, 0) is 0 Å². The molecule has 1 aromatic heterocycles. The molecule has 10 heteroatoms. The number of alkyl halides is 4. The summed E-state index contributed by atoms with van der Waals surface area (Å²) in [4.78, 5) is 18.5. The van der Waals surface area contributed by atoms with Crippen LogP contribution in [0.4, 0.5) is 23.4 Å². The molecule has 0 aromatic carbocycles. The van der Waals surface area contributed by atoms with Gasteiger partial charge in [0.1, 0.15) is 5.69 Å². The van der Waals surface area contributed by atoms with E-state index in [1.54, 1.807) is 5.32 Å². The number of halogens is 4. The summed E-state index contributed by atoms with van der Waals surface area (Å²) in [7, 11) is 0. The summed E-state index contributed by atoms with van der Waals surface area (Å²) in [5, 5.41) is 1.63. The van der Waals surface area contributed by atoms with Crippen molar-refractivity contribution in [2.75, 3.05) is 12.0 Å². The van der Waals surface area contributed by atoms with E-state index in [4.69, 9.17) is 5.84 Å². The summed E-state index contributed by atoms with van der Waals surface area (Å²) in [6.07, 6.45) is -1.69. The maximum Gasteiger partial charge on any atom is 0.324 e. The average molecular weight is 267 g/mol. The minimum Gasteiger partial charge on any atom is -0.344 e. The highest BCUT2D eigenvalue weighted by Gasteiger charge is 2.40.